The van der Waals surface area contributed by atoms with Gasteiger partial charge in [0.05, 0.1) is 5.56 Å². The van der Waals surface area contributed by atoms with Crippen molar-refractivity contribution >= 4 is 17.5 Å². The highest BCUT2D eigenvalue weighted by Gasteiger charge is 2.21. The summed E-state index contributed by atoms with van der Waals surface area (Å²) in [5.41, 5.74) is 6.77. The number of carbonyl (C=O) groups is 1. The second-order valence-corrected chi connectivity index (χ2v) is 8.28. The maximum absolute atomic E-state index is 12.7. The maximum Gasteiger partial charge on any atom is 0.255 e. The molecule has 1 aromatic heterocycles. The number of hydrogen-bond acceptors (Lipinski definition) is 4. The number of aromatic nitrogens is 2. The molecule has 0 spiro atoms. The molecule has 1 amide bonds. The number of carbonyl (C=O) groups excluding carboxylic acids is 1. The molecular formula is C26H24N4O. The molecule has 2 aliphatic rings. The first-order valence-electron chi connectivity index (χ1n) is 10.8. The highest BCUT2D eigenvalue weighted by atomic mass is 16.1. The zero-order chi connectivity index (χ0) is 21.2. The van der Waals surface area contributed by atoms with Gasteiger partial charge in [0.25, 0.3) is 5.91 Å². The third kappa shape index (κ3) is 4.59. The zero-order valence-corrected chi connectivity index (χ0v) is 17.5. The fourth-order valence-electron chi connectivity index (χ4n) is 3.77. The van der Waals surface area contributed by atoms with Gasteiger partial charge in [-0.1, -0.05) is 24.0 Å². The Morgan fingerprint density at radius 2 is 1.81 bits per heavy atom. The molecule has 0 atom stereocenters. The van der Waals surface area contributed by atoms with Crippen LogP contribution in [-0.2, 0) is 12.8 Å². The summed E-state index contributed by atoms with van der Waals surface area (Å²) < 4.78 is 0. The number of amides is 1. The Morgan fingerprint density at radius 3 is 2.61 bits per heavy atom. The standard InChI is InChI=1S/C26H24N4O/c1-17-5-10-24(29-25(31)22-9-8-19-3-2-4-21(19)13-22)14-20(17)7-6-18-15-27-26(28-16-18)30-23-11-12-23/h5,8-10,13-16,23H,2-4,11-12H2,1H3,(H,29,31)(H,27,28,30). The second-order valence-electron chi connectivity index (χ2n) is 8.28. The van der Waals surface area contributed by atoms with Gasteiger partial charge < -0.3 is 10.6 Å². The Labute approximate surface area is 182 Å². The zero-order valence-electron chi connectivity index (χ0n) is 17.5. The van der Waals surface area contributed by atoms with Gasteiger partial charge in [-0.25, -0.2) is 9.97 Å². The minimum atomic E-state index is -0.0930. The highest BCUT2D eigenvalue weighted by molar-refractivity contribution is 6.04. The van der Waals surface area contributed by atoms with Gasteiger partial charge in [-0.05, 0) is 80.0 Å². The average molecular weight is 409 g/mol. The molecule has 2 N–H and O–H groups in total. The van der Waals surface area contributed by atoms with Gasteiger partial charge in [0.2, 0.25) is 5.95 Å². The van der Waals surface area contributed by atoms with E-state index < -0.39 is 0 Å². The van der Waals surface area contributed by atoms with Crippen LogP contribution in [0, 0.1) is 18.8 Å². The van der Waals surface area contributed by atoms with Crippen molar-refractivity contribution in [2.75, 3.05) is 10.6 Å². The van der Waals surface area contributed by atoms with E-state index in [4.69, 9.17) is 0 Å². The first kappa shape index (κ1) is 19.3. The topological polar surface area (TPSA) is 66.9 Å². The van der Waals surface area contributed by atoms with Crippen LogP contribution in [0.2, 0.25) is 0 Å². The molecule has 5 heteroatoms. The monoisotopic (exact) mass is 408 g/mol. The molecule has 0 saturated heterocycles. The number of nitrogens with zero attached hydrogens (tertiary/aromatic N) is 2. The van der Waals surface area contributed by atoms with Gasteiger partial charge in [0.1, 0.15) is 0 Å². The number of aryl methyl sites for hydroxylation is 3. The van der Waals surface area contributed by atoms with Gasteiger partial charge in [-0.15, -0.1) is 0 Å². The minimum absolute atomic E-state index is 0.0930. The molecule has 1 heterocycles. The molecule has 2 aliphatic carbocycles. The quantitative estimate of drug-likeness (QED) is 0.624. The SMILES string of the molecule is Cc1ccc(NC(=O)c2ccc3c(c2)CCC3)cc1C#Cc1cnc(NC2CC2)nc1. The Balaban J connectivity index is 1.30. The summed E-state index contributed by atoms with van der Waals surface area (Å²) in [6.45, 7) is 2.01. The second kappa shape index (κ2) is 8.23. The fourth-order valence-corrected chi connectivity index (χ4v) is 3.77. The first-order valence-corrected chi connectivity index (χ1v) is 10.8. The van der Waals surface area contributed by atoms with Gasteiger partial charge in [0, 0.05) is 35.2 Å². The third-order valence-corrected chi connectivity index (χ3v) is 5.76. The number of hydrogen-bond donors (Lipinski definition) is 2. The van der Waals surface area contributed by atoms with E-state index in [-0.39, 0.29) is 5.91 Å². The fraction of sp³-hybridized carbons (Fsp3) is 0.269. The maximum atomic E-state index is 12.7. The lowest BCUT2D eigenvalue weighted by molar-refractivity contribution is 0.102. The van der Waals surface area contributed by atoms with Gasteiger partial charge in [-0.3, -0.25) is 4.79 Å². The van der Waals surface area contributed by atoms with Crippen LogP contribution in [0.3, 0.4) is 0 Å². The molecule has 0 unspecified atom stereocenters. The van der Waals surface area contributed by atoms with E-state index in [1.165, 1.54) is 30.4 Å². The summed E-state index contributed by atoms with van der Waals surface area (Å²) >= 11 is 0. The number of nitrogens with one attached hydrogen (secondary N) is 2. The Hall–Kier alpha value is -3.65. The number of anilines is 2. The van der Waals surface area contributed by atoms with E-state index >= 15 is 0 Å². The molecule has 5 rings (SSSR count). The van der Waals surface area contributed by atoms with Crippen LogP contribution >= 0.6 is 0 Å². The summed E-state index contributed by atoms with van der Waals surface area (Å²) in [4.78, 5) is 21.4. The summed E-state index contributed by atoms with van der Waals surface area (Å²) in [5, 5.41) is 6.28. The molecule has 154 valence electrons. The van der Waals surface area contributed by atoms with E-state index in [0.29, 0.717) is 17.6 Å². The number of fused-ring (bicyclic) bond motifs is 1. The predicted octanol–water partition coefficient (Wildman–Crippen LogP) is 4.50. The van der Waals surface area contributed by atoms with Crippen LogP contribution in [0.5, 0.6) is 0 Å². The van der Waals surface area contributed by atoms with Crippen molar-refractivity contribution in [1.29, 1.82) is 0 Å². The van der Waals surface area contributed by atoms with Gasteiger partial charge >= 0.3 is 0 Å². The predicted molar refractivity (Wildman–Crippen MR) is 122 cm³/mol. The van der Waals surface area contributed by atoms with Gasteiger partial charge in [0.15, 0.2) is 0 Å². The first-order chi connectivity index (χ1) is 15.1. The van der Waals surface area contributed by atoms with Crippen molar-refractivity contribution in [3.8, 4) is 11.8 Å². The van der Waals surface area contributed by atoms with Crippen molar-refractivity contribution in [3.63, 3.8) is 0 Å². The third-order valence-electron chi connectivity index (χ3n) is 5.76. The van der Waals surface area contributed by atoms with E-state index in [1.54, 1.807) is 12.4 Å². The highest BCUT2D eigenvalue weighted by Crippen LogP contribution is 2.24. The average Bonchev–Trinajstić information content (AvgIpc) is 3.47. The molecule has 0 radical (unpaired) electrons. The molecule has 0 bridgehead atoms. The van der Waals surface area contributed by atoms with Crippen LogP contribution < -0.4 is 10.6 Å². The minimum Gasteiger partial charge on any atom is -0.351 e. The van der Waals surface area contributed by atoms with Crippen molar-refractivity contribution in [2.24, 2.45) is 0 Å². The molecule has 31 heavy (non-hydrogen) atoms. The Morgan fingerprint density at radius 1 is 1.00 bits per heavy atom. The number of rotatable bonds is 4. The molecular weight excluding hydrogens is 384 g/mol. The van der Waals surface area contributed by atoms with Crippen LogP contribution in [0.25, 0.3) is 0 Å². The largest absolute Gasteiger partial charge is 0.351 e. The molecule has 0 aliphatic heterocycles. The molecule has 1 saturated carbocycles. The van der Waals surface area contributed by atoms with Crippen LogP contribution in [0.1, 0.15) is 57.4 Å². The lowest BCUT2D eigenvalue weighted by Crippen LogP contribution is -2.12. The van der Waals surface area contributed by atoms with Crippen molar-refractivity contribution in [3.05, 3.63) is 82.2 Å². The summed E-state index contributed by atoms with van der Waals surface area (Å²) in [6, 6.07) is 12.3. The Kier molecular flexibility index (Phi) is 5.13. The van der Waals surface area contributed by atoms with E-state index in [9.17, 15) is 4.79 Å². The molecule has 1 fully saturated rings. The van der Waals surface area contributed by atoms with Crippen molar-refractivity contribution in [1.82, 2.24) is 9.97 Å². The number of benzene rings is 2. The lowest BCUT2D eigenvalue weighted by Gasteiger charge is -2.09. The molecule has 5 nitrogen and oxygen atoms in total. The lowest BCUT2D eigenvalue weighted by atomic mass is 10.1. The van der Waals surface area contributed by atoms with E-state index in [2.05, 4.69) is 38.5 Å². The smallest absolute Gasteiger partial charge is 0.255 e. The molecule has 3 aromatic rings. The van der Waals surface area contributed by atoms with Crippen LogP contribution in [-0.4, -0.2) is 21.9 Å². The van der Waals surface area contributed by atoms with Crippen LogP contribution in [0.4, 0.5) is 11.6 Å². The normalized spacial score (nSPS) is 14.4. The van der Waals surface area contributed by atoms with E-state index in [1.807, 2.05) is 37.3 Å². The van der Waals surface area contributed by atoms with Crippen molar-refractivity contribution < 1.29 is 4.79 Å². The Bertz CT molecular complexity index is 1200. The summed E-state index contributed by atoms with van der Waals surface area (Å²) in [6.07, 6.45) is 9.18. The van der Waals surface area contributed by atoms with Gasteiger partial charge in [-0.2, -0.15) is 0 Å². The summed E-state index contributed by atoms with van der Waals surface area (Å²) in [7, 11) is 0. The molecule has 2 aromatic carbocycles. The van der Waals surface area contributed by atoms with E-state index in [0.717, 1.165) is 35.2 Å². The van der Waals surface area contributed by atoms with Crippen LogP contribution in [0.15, 0.2) is 48.8 Å². The van der Waals surface area contributed by atoms with Crippen molar-refractivity contribution in [2.45, 2.75) is 45.1 Å². The summed E-state index contributed by atoms with van der Waals surface area (Å²) in [5.74, 6) is 6.87.